The molecule has 0 spiro atoms. The summed E-state index contributed by atoms with van der Waals surface area (Å²) in [6.45, 7) is 3.91. The van der Waals surface area contributed by atoms with Crippen molar-refractivity contribution < 1.29 is 13.2 Å². The molecule has 0 saturated heterocycles. The molecular formula is C8H9F3N4S. The molecule has 1 atom stereocenters. The van der Waals surface area contributed by atoms with E-state index in [0.29, 0.717) is 11.7 Å². The van der Waals surface area contributed by atoms with E-state index in [2.05, 4.69) is 22.1 Å². The monoisotopic (exact) mass is 250 g/mol. The lowest BCUT2D eigenvalue weighted by atomic mass is 10.4. The standard InChI is InChI=1S/C8H9F3N4S/c1-2-4-15-8(12-13-14-15)16-5-3-6(9)7(10)11/h2-3,5-7H,1,4H2/b5-3+. The van der Waals surface area contributed by atoms with Gasteiger partial charge in [0.25, 0.3) is 6.43 Å². The summed E-state index contributed by atoms with van der Waals surface area (Å²) in [6, 6.07) is 0. The molecule has 0 aliphatic carbocycles. The van der Waals surface area contributed by atoms with Crippen LogP contribution in [0.2, 0.25) is 0 Å². The lowest BCUT2D eigenvalue weighted by Crippen LogP contribution is -2.07. The van der Waals surface area contributed by atoms with E-state index < -0.39 is 12.6 Å². The molecular weight excluding hydrogens is 241 g/mol. The van der Waals surface area contributed by atoms with Gasteiger partial charge in [0.05, 0.1) is 6.54 Å². The van der Waals surface area contributed by atoms with Gasteiger partial charge in [-0.05, 0) is 21.9 Å². The fourth-order valence-corrected chi connectivity index (χ4v) is 1.44. The van der Waals surface area contributed by atoms with Gasteiger partial charge in [-0.15, -0.1) is 11.7 Å². The molecule has 8 heteroatoms. The minimum absolute atomic E-state index is 0.387. The molecule has 0 aliphatic rings. The van der Waals surface area contributed by atoms with E-state index in [1.165, 1.54) is 10.1 Å². The second kappa shape index (κ2) is 6.31. The summed E-state index contributed by atoms with van der Waals surface area (Å²) in [5.74, 6) is 0. The Morgan fingerprint density at radius 3 is 2.81 bits per heavy atom. The fraction of sp³-hybridized carbons (Fsp3) is 0.375. The Balaban J connectivity index is 2.53. The van der Waals surface area contributed by atoms with E-state index in [9.17, 15) is 13.2 Å². The number of tetrazole rings is 1. The van der Waals surface area contributed by atoms with E-state index in [-0.39, 0.29) is 0 Å². The number of aromatic nitrogens is 4. The fourth-order valence-electron chi connectivity index (χ4n) is 0.777. The summed E-state index contributed by atoms with van der Waals surface area (Å²) in [4.78, 5) is 0. The molecule has 1 aromatic heterocycles. The summed E-state index contributed by atoms with van der Waals surface area (Å²) in [6.07, 6.45) is -2.93. The molecule has 0 amide bonds. The molecule has 1 heterocycles. The Morgan fingerprint density at radius 1 is 1.44 bits per heavy atom. The maximum atomic E-state index is 12.5. The van der Waals surface area contributed by atoms with Crippen molar-refractivity contribution >= 4 is 11.8 Å². The molecule has 0 bridgehead atoms. The van der Waals surface area contributed by atoms with Crippen LogP contribution >= 0.6 is 11.8 Å². The van der Waals surface area contributed by atoms with Crippen molar-refractivity contribution in [3.05, 3.63) is 24.1 Å². The van der Waals surface area contributed by atoms with Crippen LogP contribution in [0.3, 0.4) is 0 Å². The van der Waals surface area contributed by atoms with Crippen molar-refractivity contribution in [3.63, 3.8) is 0 Å². The highest BCUT2D eigenvalue weighted by atomic mass is 32.2. The molecule has 0 radical (unpaired) electrons. The molecule has 0 aromatic carbocycles. The Hall–Kier alpha value is -1.31. The first-order valence-corrected chi connectivity index (χ1v) is 5.15. The number of thioether (sulfide) groups is 1. The molecule has 0 aliphatic heterocycles. The summed E-state index contributed by atoms with van der Waals surface area (Å²) < 4.78 is 37.5. The van der Waals surface area contributed by atoms with Crippen molar-refractivity contribution in [1.82, 2.24) is 20.2 Å². The van der Waals surface area contributed by atoms with Gasteiger partial charge in [0.2, 0.25) is 5.16 Å². The van der Waals surface area contributed by atoms with Crippen LogP contribution in [0.1, 0.15) is 0 Å². The van der Waals surface area contributed by atoms with Gasteiger partial charge in [0.1, 0.15) is 0 Å². The highest BCUT2D eigenvalue weighted by molar-refractivity contribution is 8.02. The number of alkyl halides is 3. The molecule has 0 N–H and O–H groups in total. The van der Waals surface area contributed by atoms with Gasteiger partial charge < -0.3 is 0 Å². The van der Waals surface area contributed by atoms with Crippen LogP contribution in [0, 0.1) is 0 Å². The molecule has 4 nitrogen and oxygen atoms in total. The number of allylic oxidation sites excluding steroid dienone is 2. The van der Waals surface area contributed by atoms with Gasteiger partial charge in [-0.2, -0.15) is 0 Å². The Kier molecular flexibility index (Phi) is 5.03. The zero-order chi connectivity index (χ0) is 12.0. The van der Waals surface area contributed by atoms with Gasteiger partial charge in [-0.3, -0.25) is 0 Å². The van der Waals surface area contributed by atoms with Gasteiger partial charge in [0.15, 0.2) is 6.17 Å². The van der Waals surface area contributed by atoms with Crippen molar-refractivity contribution in [2.45, 2.75) is 24.3 Å². The summed E-state index contributed by atoms with van der Waals surface area (Å²) >= 11 is 0.965. The third-order valence-electron chi connectivity index (χ3n) is 1.48. The van der Waals surface area contributed by atoms with E-state index in [4.69, 9.17) is 0 Å². The predicted molar refractivity (Wildman–Crippen MR) is 53.9 cm³/mol. The number of hydrogen-bond acceptors (Lipinski definition) is 4. The molecule has 0 fully saturated rings. The van der Waals surface area contributed by atoms with Crippen LogP contribution in [0.15, 0.2) is 29.3 Å². The SMILES string of the molecule is C=CCn1nnnc1S/C=C/C(F)C(F)F. The van der Waals surface area contributed by atoms with Crippen LogP contribution in [-0.2, 0) is 6.54 Å². The van der Waals surface area contributed by atoms with Gasteiger partial charge in [-0.1, -0.05) is 17.8 Å². The number of nitrogens with zero attached hydrogens (tertiary/aromatic N) is 4. The highest BCUT2D eigenvalue weighted by Crippen LogP contribution is 2.17. The Labute approximate surface area is 94.2 Å². The third kappa shape index (κ3) is 3.69. The molecule has 1 rings (SSSR count). The van der Waals surface area contributed by atoms with Crippen LogP contribution in [0.4, 0.5) is 13.2 Å². The molecule has 16 heavy (non-hydrogen) atoms. The first-order valence-electron chi connectivity index (χ1n) is 4.27. The number of halogens is 3. The van der Waals surface area contributed by atoms with Crippen LogP contribution in [0.5, 0.6) is 0 Å². The zero-order valence-electron chi connectivity index (χ0n) is 8.13. The minimum Gasteiger partial charge on any atom is -0.237 e. The summed E-state index contributed by atoms with van der Waals surface area (Å²) in [7, 11) is 0. The predicted octanol–water partition coefficient (Wildman–Crippen LogP) is 2.07. The topological polar surface area (TPSA) is 43.6 Å². The zero-order valence-corrected chi connectivity index (χ0v) is 8.95. The first-order chi connectivity index (χ1) is 7.65. The molecule has 1 unspecified atom stereocenters. The van der Waals surface area contributed by atoms with Gasteiger partial charge >= 0.3 is 0 Å². The van der Waals surface area contributed by atoms with Crippen LogP contribution in [-0.4, -0.2) is 32.8 Å². The second-order valence-electron chi connectivity index (χ2n) is 2.66. The number of rotatable bonds is 6. The lowest BCUT2D eigenvalue weighted by molar-refractivity contribution is 0.0751. The molecule has 1 aromatic rings. The van der Waals surface area contributed by atoms with E-state index in [0.717, 1.165) is 17.8 Å². The Morgan fingerprint density at radius 2 is 2.19 bits per heavy atom. The van der Waals surface area contributed by atoms with E-state index >= 15 is 0 Å². The Bertz CT molecular complexity index is 366. The highest BCUT2D eigenvalue weighted by Gasteiger charge is 2.15. The number of hydrogen-bond donors (Lipinski definition) is 0. The van der Waals surface area contributed by atoms with Crippen molar-refractivity contribution in [1.29, 1.82) is 0 Å². The quantitative estimate of drug-likeness (QED) is 0.572. The van der Waals surface area contributed by atoms with Gasteiger partial charge in [-0.25, -0.2) is 17.9 Å². The smallest absolute Gasteiger partial charge is 0.237 e. The van der Waals surface area contributed by atoms with Gasteiger partial charge in [0, 0.05) is 0 Å². The van der Waals surface area contributed by atoms with Crippen molar-refractivity contribution in [2.24, 2.45) is 0 Å². The van der Waals surface area contributed by atoms with Crippen LogP contribution in [0.25, 0.3) is 0 Å². The maximum Gasteiger partial charge on any atom is 0.272 e. The van der Waals surface area contributed by atoms with E-state index in [1.54, 1.807) is 6.08 Å². The van der Waals surface area contributed by atoms with Crippen molar-refractivity contribution in [3.8, 4) is 0 Å². The third-order valence-corrected chi connectivity index (χ3v) is 2.27. The second-order valence-corrected chi connectivity index (χ2v) is 3.53. The average Bonchev–Trinajstić information content (AvgIpc) is 2.66. The van der Waals surface area contributed by atoms with Crippen LogP contribution < -0.4 is 0 Å². The summed E-state index contributed by atoms with van der Waals surface area (Å²) in [5.41, 5.74) is 0. The van der Waals surface area contributed by atoms with Crippen molar-refractivity contribution in [2.75, 3.05) is 0 Å². The largest absolute Gasteiger partial charge is 0.272 e. The van der Waals surface area contributed by atoms with E-state index in [1.807, 2.05) is 0 Å². The minimum atomic E-state index is -3.01. The maximum absolute atomic E-state index is 12.5. The summed E-state index contributed by atoms with van der Waals surface area (Å²) in [5, 5.41) is 12.2. The normalized spacial score (nSPS) is 13.5. The average molecular weight is 250 g/mol. The molecule has 88 valence electrons. The first kappa shape index (κ1) is 12.8. The lowest BCUT2D eigenvalue weighted by Gasteiger charge is -1.99. The molecule has 0 saturated carbocycles.